The Kier molecular flexibility index (Phi) is 4.86. The molecule has 0 aromatic heterocycles. The molecular weight excluding hydrogens is 376 g/mol. The zero-order chi connectivity index (χ0) is 19.1. The highest BCUT2D eigenvalue weighted by Gasteiger charge is 2.35. The van der Waals surface area contributed by atoms with Crippen molar-refractivity contribution < 1.29 is 17.9 Å². The fraction of sp³-hybridized carbons (Fsp3) is 0.278. The van der Waals surface area contributed by atoms with E-state index in [0.29, 0.717) is 22.1 Å². The van der Waals surface area contributed by atoms with Crippen molar-refractivity contribution in [3.63, 3.8) is 0 Å². The third-order valence-corrected chi connectivity index (χ3v) is 5.35. The lowest BCUT2D eigenvalue weighted by molar-refractivity contribution is -0.122. The molecule has 0 spiro atoms. The number of anilines is 2. The van der Waals surface area contributed by atoms with Gasteiger partial charge in [-0.2, -0.15) is 0 Å². The van der Waals surface area contributed by atoms with Crippen LogP contribution in [0.1, 0.15) is 11.1 Å². The summed E-state index contributed by atoms with van der Waals surface area (Å²) >= 11 is 5.97. The maximum atomic E-state index is 12.7. The zero-order valence-electron chi connectivity index (χ0n) is 14.6. The molecule has 0 unspecified atom stereocenters. The topological polar surface area (TPSA) is 75.7 Å². The van der Waals surface area contributed by atoms with Crippen LogP contribution in [0.2, 0.25) is 5.02 Å². The number of hydrogen-bond donors (Lipinski definition) is 1. The van der Waals surface area contributed by atoms with E-state index in [0.717, 1.165) is 21.7 Å². The highest BCUT2D eigenvalue weighted by Crippen LogP contribution is 2.37. The number of hydrogen-bond acceptors (Lipinski definition) is 4. The molecule has 0 radical (unpaired) electrons. The van der Waals surface area contributed by atoms with E-state index in [2.05, 4.69) is 5.32 Å². The highest BCUT2D eigenvalue weighted by molar-refractivity contribution is 7.92. The summed E-state index contributed by atoms with van der Waals surface area (Å²) in [5.41, 5.74) is 3.00. The number of benzene rings is 2. The number of carbonyl (C=O) groups excluding carboxylic acids is 1. The number of carbonyl (C=O) groups is 1. The van der Waals surface area contributed by atoms with Gasteiger partial charge in [0, 0.05) is 10.7 Å². The molecule has 6 nitrogen and oxygen atoms in total. The van der Waals surface area contributed by atoms with Crippen LogP contribution in [0.15, 0.2) is 36.4 Å². The van der Waals surface area contributed by atoms with E-state index >= 15 is 0 Å². The van der Waals surface area contributed by atoms with E-state index in [1.54, 1.807) is 12.1 Å². The normalized spacial score (nSPS) is 16.6. The van der Waals surface area contributed by atoms with Crippen molar-refractivity contribution >= 4 is 38.9 Å². The third kappa shape index (κ3) is 3.94. The van der Waals surface area contributed by atoms with Gasteiger partial charge in [-0.15, -0.1) is 0 Å². The molecule has 1 aliphatic heterocycles. The molecule has 0 fully saturated rings. The molecule has 0 bridgehead atoms. The van der Waals surface area contributed by atoms with Crippen molar-refractivity contribution in [2.24, 2.45) is 0 Å². The van der Waals surface area contributed by atoms with E-state index in [1.807, 2.05) is 32.0 Å². The number of rotatable bonds is 3. The van der Waals surface area contributed by atoms with Crippen LogP contribution in [0, 0.1) is 13.8 Å². The molecule has 0 aliphatic carbocycles. The lowest BCUT2D eigenvalue weighted by atomic mass is 10.1. The molecule has 3 rings (SSSR count). The summed E-state index contributed by atoms with van der Waals surface area (Å²) in [5, 5.41) is 3.18. The Labute approximate surface area is 157 Å². The van der Waals surface area contributed by atoms with Gasteiger partial charge in [0.25, 0.3) is 5.91 Å². The Bertz CT molecular complexity index is 955. The second-order valence-electron chi connectivity index (χ2n) is 6.38. The van der Waals surface area contributed by atoms with Crippen LogP contribution < -0.4 is 14.4 Å². The minimum atomic E-state index is -3.59. The first-order valence-corrected chi connectivity index (χ1v) is 10.2. The largest absolute Gasteiger partial charge is 0.476 e. The molecule has 2 aromatic carbocycles. The summed E-state index contributed by atoms with van der Waals surface area (Å²) in [5.74, 6) is -0.115. The van der Waals surface area contributed by atoms with Gasteiger partial charge >= 0.3 is 0 Å². The second kappa shape index (κ2) is 6.81. The molecule has 26 heavy (non-hydrogen) atoms. The summed E-state index contributed by atoms with van der Waals surface area (Å²) in [6, 6.07) is 10.3. The first-order chi connectivity index (χ1) is 12.1. The molecule has 2 aromatic rings. The minimum Gasteiger partial charge on any atom is -0.476 e. The second-order valence-corrected chi connectivity index (χ2v) is 8.72. The van der Waals surface area contributed by atoms with E-state index in [-0.39, 0.29) is 6.54 Å². The van der Waals surface area contributed by atoms with Crippen molar-refractivity contribution in [1.82, 2.24) is 0 Å². The highest BCUT2D eigenvalue weighted by atomic mass is 35.5. The predicted octanol–water partition coefficient (Wildman–Crippen LogP) is 3.12. The van der Waals surface area contributed by atoms with E-state index in [4.69, 9.17) is 16.3 Å². The van der Waals surface area contributed by atoms with Gasteiger partial charge in [0.15, 0.2) is 6.10 Å². The van der Waals surface area contributed by atoms with Gasteiger partial charge in [-0.3, -0.25) is 9.10 Å². The summed E-state index contributed by atoms with van der Waals surface area (Å²) in [7, 11) is -3.59. The quantitative estimate of drug-likeness (QED) is 0.867. The lowest BCUT2D eigenvalue weighted by Gasteiger charge is -2.34. The maximum Gasteiger partial charge on any atom is 0.267 e. The molecule has 0 saturated heterocycles. The standard InChI is InChI=1S/C18H19ClN2O4S/c1-11-6-12(2)8-14(7-11)20-18(22)17-10-21(26(3,23)24)15-9-13(19)4-5-16(15)25-17/h4-9,17H,10H2,1-3H3,(H,20,22)/t17-/m0/s1. The van der Waals surface area contributed by atoms with Crippen LogP contribution in [0.5, 0.6) is 5.75 Å². The predicted molar refractivity (Wildman–Crippen MR) is 103 cm³/mol. The molecular formula is C18H19ClN2O4S. The molecule has 138 valence electrons. The number of ether oxygens (including phenoxy) is 1. The van der Waals surface area contributed by atoms with E-state index < -0.39 is 22.0 Å². The van der Waals surface area contributed by atoms with Crippen LogP contribution in [0.3, 0.4) is 0 Å². The summed E-state index contributed by atoms with van der Waals surface area (Å²) < 4.78 is 31.2. The van der Waals surface area contributed by atoms with E-state index in [9.17, 15) is 13.2 Å². The van der Waals surface area contributed by atoms with Crippen LogP contribution >= 0.6 is 11.6 Å². The van der Waals surface area contributed by atoms with Gasteiger partial charge in [-0.25, -0.2) is 8.42 Å². The Hall–Kier alpha value is -2.25. The smallest absolute Gasteiger partial charge is 0.267 e. The van der Waals surface area contributed by atoms with Gasteiger partial charge in [0.2, 0.25) is 10.0 Å². The number of fused-ring (bicyclic) bond motifs is 1. The van der Waals surface area contributed by atoms with Crippen LogP contribution in [-0.2, 0) is 14.8 Å². The Morgan fingerprint density at radius 3 is 2.46 bits per heavy atom. The van der Waals surface area contributed by atoms with Gasteiger partial charge in [-0.1, -0.05) is 17.7 Å². The Morgan fingerprint density at radius 1 is 1.19 bits per heavy atom. The summed E-state index contributed by atoms with van der Waals surface area (Å²) in [4.78, 5) is 12.7. The van der Waals surface area contributed by atoms with E-state index in [1.165, 1.54) is 6.07 Å². The lowest BCUT2D eigenvalue weighted by Crippen LogP contribution is -2.48. The summed E-state index contributed by atoms with van der Waals surface area (Å²) in [6.07, 6.45) is 0.112. The number of amides is 1. The average molecular weight is 395 g/mol. The fourth-order valence-corrected chi connectivity index (χ4v) is 4.02. The van der Waals surface area contributed by atoms with Crippen molar-refractivity contribution in [2.75, 3.05) is 22.4 Å². The van der Waals surface area contributed by atoms with Crippen molar-refractivity contribution in [3.05, 3.63) is 52.5 Å². The van der Waals surface area contributed by atoms with Crippen LogP contribution in [0.4, 0.5) is 11.4 Å². The zero-order valence-corrected chi connectivity index (χ0v) is 16.2. The third-order valence-electron chi connectivity index (χ3n) is 3.97. The van der Waals surface area contributed by atoms with Gasteiger partial charge in [-0.05, 0) is 55.3 Å². The average Bonchev–Trinajstić information content (AvgIpc) is 2.51. The van der Waals surface area contributed by atoms with Crippen molar-refractivity contribution in [3.8, 4) is 5.75 Å². The minimum absolute atomic E-state index is 0.122. The van der Waals surface area contributed by atoms with Crippen LogP contribution in [0.25, 0.3) is 0 Å². The molecule has 1 amide bonds. The molecule has 1 aliphatic rings. The molecule has 8 heteroatoms. The molecule has 1 atom stereocenters. The summed E-state index contributed by atoms with van der Waals surface area (Å²) in [6.45, 7) is 3.75. The number of sulfonamides is 1. The molecule has 1 N–H and O–H groups in total. The van der Waals surface area contributed by atoms with Crippen molar-refractivity contribution in [1.29, 1.82) is 0 Å². The Balaban J connectivity index is 1.89. The van der Waals surface area contributed by atoms with Crippen molar-refractivity contribution in [2.45, 2.75) is 20.0 Å². The number of halogens is 1. The van der Waals surface area contributed by atoms with Gasteiger partial charge in [0.05, 0.1) is 18.5 Å². The first kappa shape index (κ1) is 18.5. The van der Waals surface area contributed by atoms with Gasteiger partial charge in [0.1, 0.15) is 5.75 Å². The fourth-order valence-electron chi connectivity index (χ4n) is 2.94. The first-order valence-electron chi connectivity index (χ1n) is 7.96. The van der Waals surface area contributed by atoms with Gasteiger partial charge < -0.3 is 10.1 Å². The Morgan fingerprint density at radius 2 is 1.85 bits per heavy atom. The monoisotopic (exact) mass is 394 g/mol. The van der Waals surface area contributed by atoms with Crippen LogP contribution in [-0.4, -0.2) is 33.2 Å². The molecule has 0 saturated carbocycles. The SMILES string of the molecule is Cc1cc(C)cc(NC(=O)[C@@H]2CN(S(C)(=O)=O)c3cc(Cl)ccc3O2)c1. The number of nitrogens with zero attached hydrogens (tertiary/aromatic N) is 1. The molecule has 1 heterocycles. The number of nitrogens with one attached hydrogen (secondary N) is 1. The maximum absolute atomic E-state index is 12.7. The number of aryl methyl sites for hydroxylation is 2.